The van der Waals surface area contributed by atoms with E-state index in [1.165, 1.54) is 19.1 Å². The molecule has 7 rings (SSSR count). The van der Waals surface area contributed by atoms with Crippen molar-refractivity contribution < 1.29 is 67.7 Å². The fourth-order valence-electron chi connectivity index (χ4n) is 10.7. The van der Waals surface area contributed by atoms with Crippen LogP contribution < -0.4 is 5.32 Å². The molecule has 3 fully saturated rings. The molecule has 64 heavy (non-hydrogen) atoms. The Labute approximate surface area is 372 Å². The Hall–Kier alpha value is -5.29. The van der Waals surface area contributed by atoms with Gasteiger partial charge in [-0.1, -0.05) is 80.6 Å². The molecule has 0 aromatic heterocycles. The van der Waals surface area contributed by atoms with E-state index in [2.05, 4.69) is 5.32 Å². The highest BCUT2D eigenvalue weighted by Crippen LogP contribution is 2.65. The molecule has 0 radical (unpaired) electrons. The molecule has 15 heteroatoms. The number of amides is 1. The van der Waals surface area contributed by atoms with Gasteiger partial charge in [0.2, 0.25) is 0 Å². The van der Waals surface area contributed by atoms with Gasteiger partial charge in [0.15, 0.2) is 23.8 Å². The summed E-state index contributed by atoms with van der Waals surface area (Å²) in [4.78, 5) is 70.1. The SMILES string of the molecule is CCO[C@H]1C[C@H]2OC[C@@]2(OC(C)=O)C2[C@H](OC(=O)c3ccccc3)[C@]3(O)C[C@H](OC(O)[C@H](O)[C@@H](NC(=O)c4ccccc4)c4ccccc4)C(C)=C([C@@H](OC(C)=O)C(=O)[C@@]21C)C3(C)C. The number of hydrogen-bond acceptors (Lipinski definition) is 14. The van der Waals surface area contributed by atoms with E-state index >= 15 is 4.79 Å². The highest BCUT2D eigenvalue weighted by Gasteiger charge is 2.78. The molecule has 342 valence electrons. The minimum absolute atomic E-state index is 0.0606. The molecule has 12 atom stereocenters. The first-order valence-corrected chi connectivity index (χ1v) is 21.6. The van der Waals surface area contributed by atoms with Gasteiger partial charge in [-0.05, 0) is 61.7 Å². The molecule has 1 aliphatic heterocycles. The number of ether oxygens (including phenoxy) is 6. The molecule has 3 aliphatic carbocycles. The van der Waals surface area contributed by atoms with Crippen LogP contribution in [0, 0.1) is 16.7 Å². The largest absolute Gasteiger partial charge is 0.455 e. The van der Waals surface area contributed by atoms with Crippen LogP contribution in [0.25, 0.3) is 0 Å². The van der Waals surface area contributed by atoms with Crippen molar-refractivity contribution in [3.05, 3.63) is 119 Å². The van der Waals surface area contributed by atoms with Crippen molar-refractivity contribution in [1.82, 2.24) is 5.32 Å². The number of aliphatic hydroxyl groups excluding tert-OH is 2. The van der Waals surface area contributed by atoms with Crippen molar-refractivity contribution in [1.29, 1.82) is 0 Å². The summed E-state index contributed by atoms with van der Waals surface area (Å²) in [5.41, 5.74) is -6.13. The lowest BCUT2D eigenvalue weighted by Crippen LogP contribution is -2.82. The molecule has 3 aromatic carbocycles. The van der Waals surface area contributed by atoms with Crippen LogP contribution in [0.15, 0.2) is 102 Å². The Bertz CT molecular complexity index is 2270. The van der Waals surface area contributed by atoms with Gasteiger partial charge in [0, 0.05) is 44.3 Å². The fraction of sp³-hybridized carbons (Fsp3) is 0.490. The van der Waals surface area contributed by atoms with Crippen LogP contribution in [0.5, 0.6) is 0 Å². The van der Waals surface area contributed by atoms with Crippen LogP contribution in [-0.4, -0.2) is 112 Å². The summed E-state index contributed by atoms with van der Waals surface area (Å²) >= 11 is 0. The zero-order valence-corrected chi connectivity index (χ0v) is 37.0. The predicted octanol–water partition coefficient (Wildman–Crippen LogP) is 4.57. The van der Waals surface area contributed by atoms with Crippen molar-refractivity contribution in [2.75, 3.05) is 13.2 Å². The van der Waals surface area contributed by atoms with E-state index in [1.54, 1.807) is 113 Å². The number of Topliss-reactive ketones (excluding diaryl/α,β-unsaturated/α-hetero) is 1. The molecule has 1 heterocycles. The monoisotopic (exact) mass is 883 g/mol. The Morgan fingerprint density at radius 3 is 2.00 bits per heavy atom. The van der Waals surface area contributed by atoms with Gasteiger partial charge in [0.05, 0.1) is 41.8 Å². The Morgan fingerprint density at radius 1 is 0.859 bits per heavy atom. The van der Waals surface area contributed by atoms with E-state index in [-0.39, 0.29) is 36.3 Å². The number of hydrogen-bond donors (Lipinski definition) is 4. The van der Waals surface area contributed by atoms with Gasteiger partial charge in [-0.25, -0.2) is 4.79 Å². The summed E-state index contributed by atoms with van der Waals surface area (Å²) < 4.78 is 37.5. The molecule has 4 aliphatic rings. The van der Waals surface area contributed by atoms with E-state index in [4.69, 9.17) is 28.4 Å². The number of aliphatic hydroxyl groups is 3. The van der Waals surface area contributed by atoms with Crippen LogP contribution in [0.3, 0.4) is 0 Å². The summed E-state index contributed by atoms with van der Waals surface area (Å²) in [7, 11) is 0. The van der Waals surface area contributed by atoms with Gasteiger partial charge >= 0.3 is 17.9 Å². The molecular weight excluding hydrogens is 827 g/mol. The molecule has 15 nitrogen and oxygen atoms in total. The second kappa shape index (κ2) is 17.9. The lowest BCUT2D eigenvalue weighted by Gasteiger charge is -2.68. The summed E-state index contributed by atoms with van der Waals surface area (Å²) in [6.45, 7) is 10.4. The van der Waals surface area contributed by atoms with Gasteiger partial charge in [0.25, 0.3) is 5.91 Å². The van der Waals surface area contributed by atoms with Crippen LogP contribution in [0.4, 0.5) is 0 Å². The van der Waals surface area contributed by atoms with Crippen LogP contribution >= 0.6 is 0 Å². The fourth-order valence-corrected chi connectivity index (χ4v) is 10.7. The molecule has 0 spiro atoms. The maximum Gasteiger partial charge on any atom is 0.338 e. The second-order valence-corrected chi connectivity index (χ2v) is 17.9. The Balaban J connectivity index is 1.40. The molecule has 2 saturated carbocycles. The number of carbonyl (C=O) groups excluding carboxylic acids is 5. The van der Waals surface area contributed by atoms with Gasteiger partial charge in [0.1, 0.15) is 23.9 Å². The first-order valence-electron chi connectivity index (χ1n) is 21.6. The standard InChI is InChI=1S/C49H57NO14/c1-8-59-34-24-35-48(26-60-35,64-29(4)52)40-42(63-44(56)32-22-16-11-17-23-32)49(58)25-33(27(2)36(46(49,5)6)39(61-28(3)51)41(54)47(34,40)7)62-45(57)38(53)37(30-18-12-9-13-19-30)50-43(55)31-20-14-10-15-21-31/h9-23,33-35,37-40,42,45,53,57-58H,8,24-26H2,1-7H3,(H,50,55)/t33-,34-,35+,37-,38+,39+,40?,42-,45?,47+,48-,49+/m0/s1. The molecule has 1 saturated heterocycles. The summed E-state index contributed by atoms with van der Waals surface area (Å²) in [5, 5.41) is 40.6. The topological polar surface area (TPSA) is 213 Å². The zero-order chi connectivity index (χ0) is 46.4. The van der Waals surface area contributed by atoms with Crippen molar-refractivity contribution in [2.45, 2.75) is 121 Å². The molecule has 3 aromatic rings. The Morgan fingerprint density at radius 2 is 1.45 bits per heavy atom. The highest BCUT2D eigenvalue weighted by atomic mass is 16.6. The normalized spacial score (nSPS) is 31.9. The van der Waals surface area contributed by atoms with Crippen molar-refractivity contribution in [2.24, 2.45) is 16.7 Å². The van der Waals surface area contributed by atoms with Gasteiger partial charge < -0.3 is 49.1 Å². The summed E-state index contributed by atoms with van der Waals surface area (Å²) in [6.07, 6.45) is -10.9. The van der Waals surface area contributed by atoms with Crippen molar-refractivity contribution >= 4 is 29.6 Å². The predicted molar refractivity (Wildman–Crippen MR) is 228 cm³/mol. The van der Waals surface area contributed by atoms with Crippen LogP contribution in [0.2, 0.25) is 0 Å². The second-order valence-electron chi connectivity index (χ2n) is 17.9. The smallest absolute Gasteiger partial charge is 0.338 e. The van der Waals surface area contributed by atoms with E-state index in [0.717, 1.165) is 6.92 Å². The molecule has 2 bridgehead atoms. The average molecular weight is 884 g/mol. The van der Waals surface area contributed by atoms with E-state index in [1.807, 2.05) is 0 Å². The number of fused-ring (bicyclic) bond motifs is 5. The lowest BCUT2D eigenvalue weighted by molar-refractivity contribution is -0.349. The van der Waals surface area contributed by atoms with Gasteiger partial charge in [-0.15, -0.1) is 0 Å². The number of benzene rings is 3. The summed E-state index contributed by atoms with van der Waals surface area (Å²) in [6, 6.07) is 23.6. The Kier molecular flexibility index (Phi) is 13.1. The van der Waals surface area contributed by atoms with Crippen LogP contribution in [-0.2, 0) is 42.8 Å². The van der Waals surface area contributed by atoms with Gasteiger partial charge in [-0.2, -0.15) is 0 Å². The molecular formula is C49H57NO14. The summed E-state index contributed by atoms with van der Waals surface area (Å²) in [5.74, 6) is -5.03. The third kappa shape index (κ3) is 7.96. The minimum atomic E-state index is -2.30. The number of rotatable bonds is 13. The first kappa shape index (κ1) is 46.7. The quantitative estimate of drug-likeness (QED) is 0.0802. The van der Waals surface area contributed by atoms with E-state index in [0.29, 0.717) is 11.1 Å². The van der Waals surface area contributed by atoms with Gasteiger partial charge in [-0.3, -0.25) is 19.2 Å². The third-order valence-electron chi connectivity index (χ3n) is 13.9. The maximum atomic E-state index is 15.9. The lowest BCUT2D eigenvalue weighted by atomic mass is 9.44. The molecule has 4 N–H and O–H groups in total. The molecule has 1 amide bonds. The van der Waals surface area contributed by atoms with E-state index in [9.17, 15) is 34.5 Å². The number of nitrogens with one attached hydrogen (secondary N) is 1. The maximum absolute atomic E-state index is 15.9. The first-order chi connectivity index (χ1) is 30.3. The zero-order valence-electron chi connectivity index (χ0n) is 37.0. The third-order valence-corrected chi connectivity index (χ3v) is 13.9. The number of ketones is 1. The number of carbonyl (C=O) groups is 5. The number of esters is 3. The van der Waals surface area contributed by atoms with Crippen molar-refractivity contribution in [3.63, 3.8) is 0 Å². The van der Waals surface area contributed by atoms with Crippen molar-refractivity contribution in [3.8, 4) is 0 Å². The van der Waals surface area contributed by atoms with Crippen LogP contribution in [0.1, 0.15) is 93.6 Å². The average Bonchev–Trinajstić information content (AvgIpc) is 3.26. The molecule has 2 unspecified atom stereocenters. The van der Waals surface area contributed by atoms with E-state index < -0.39 is 113 Å². The minimum Gasteiger partial charge on any atom is -0.455 e. The highest BCUT2D eigenvalue weighted by molar-refractivity contribution is 5.96.